The predicted octanol–water partition coefficient (Wildman–Crippen LogP) is 2.11. The summed E-state index contributed by atoms with van der Waals surface area (Å²) in [6.07, 6.45) is 4.31. The lowest BCUT2D eigenvalue weighted by molar-refractivity contribution is 0.559. The first-order chi connectivity index (χ1) is 6.81. The van der Waals surface area contributed by atoms with Crippen LogP contribution >= 0.6 is 11.8 Å². The van der Waals surface area contributed by atoms with Crippen molar-refractivity contribution in [3.05, 3.63) is 0 Å². The average molecular weight is 210 g/mol. The number of amidine groups is 1. The minimum absolute atomic E-state index is 0.749. The van der Waals surface area contributed by atoms with E-state index in [1.54, 1.807) is 0 Å². The maximum atomic E-state index is 4.58. The van der Waals surface area contributed by atoms with Gasteiger partial charge in [0.1, 0.15) is 0 Å². The van der Waals surface area contributed by atoms with Gasteiger partial charge in [0.25, 0.3) is 0 Å². The highest BCUT2D eigenvalue weighted by Gasteiger charge is 2.45. The van der Waals surface area contributed by atoms with E-state index in [1.807, 2.05) is 11.8 Å². The van der Waals surface area contributed by atoms with Crippen LogP contribution in [-0.2, 0) is 0 Å². The van der Waals surface area contributed by atoms with E-state index in [1.165, 1.54) is 30.2 Å². The molecule has 2 fully saturated rings. The van der Waals surface area contributed by atoms with Gasteiger partial charge in [0.05, 0.1) is 0 Å². The van der Waals surface area contributed by atoms with Gasteiger partial charge >= 0.3 is 0 Å². The minimum atomic E-state index is 0.749. The molecule has 0 spiro atoms. The number of thioether (sulfide) groups is 1. The summed E-state index contributed by atoms with van der Waals surface area (Å²) in [6, 6.07) is 0.749. The summed E-state index contributed by atoms with van der Waals surface area (Å²) in [4.78, 5) is 4.58. The lowest BCUT2D eigenvalue weighted by Gasteiger charge is -2.21. The summed E-state index contributed by atoms with van der Waals surface area (Å²) in [5.41, 5.74) is 0. The third-order valence-corrected chi connectivity index (χ3v) is 4.88. The third-order valence-electron chi connectivity index (χ3n) is 3.62. The summed E-state index contributed by atoms with van der Waals surface area (Å²) in [5, 5.41) is 4.83. The summed E-state index contributed by atoms with van der Waals surface area (Å²) >= 11 is 1.91. The van der Waals surface area contributed by atoms with Crippen molar-refractivity contribution in [1.82, 2.24) is 5.32 Å². The fraction of sp³-hybridized carbons (Fsp3) is 0.909. The first kappa shape index (κ1) is 9.08. The molecule has 2 aliphatic carbocycles. The molecule has 2 saturated carbocycles. The number of hydrogen-bond acceptors (Lipinski definition) is 3. The van der Waals surface area contributed by atoms with Crippen LogP contribution in [0.1, 0.15) is 26.2 Å². The molecule has 3 unspecified atom stereocenters. The van der Waals surface area contributed by atoms with Crippen LogP contribution in [0.5, 0.6) is 0 Å². The van der Waals surface area contributed by atoms with Crippen molar-refractivity contribution in [1.29, 1.82) is 0 Å². The second-order valence-electron chi connectivity index (χ2n) is 5.13. The standard InChI is InChI=1S/C11H18N2S/c1-7-5-12-11(14-6-7)13-10-3-8-2-9(8)4-10/h7-10H,2-6H2,1H3,(H,12,13). The maximum absolute atomic E-state index is 4.58. The molecule has 14 heavy (non-hydrogen) atoms. The number of rotatable bonds is 1. The molecule has 1 aliphatic heterocycles. The highest BCUT2D eigenvalue weighted by atomic mass is 32.2. The Balaban J connectivity index is 1.52. The summed E-state index contributed by atoms with van der Waals surface area (Å²) in [5.74, 6) is 4.15. The molecule has 0 bridgehead atoms. The van der Waals surface area contributed by atoms with Crippen molar-refractivity contribution in [2.75, 3.05) is 12.3 Å². The molecule has 0 amide bonds. The molecule has 1 heterocycles. The van der Waals surface area contributed by atoms with E-state index in [0.717, 1.165) is 30.3 Å². The van der Waals surface area contributed by atoms with E-state index in [0.29, 0.717) is 0 Å². The lowest BCUT2D eigenvalue weighted by Crippen LogP contribution is -2.34. The van der Waals surface area contributed by atoms with Crippen LogP contribution in [0.25, 0.3) is 0 Å². The van der Waals surface area contributed by atoms with Crippen molar-refractivity contribution in [2.45, 2.75) is 32.2 Å². The molecule has 0 radical (unpaired) electrons. The van der Waals surface area contributed by atoms with Crippen molar-refractivity contribution < 1.29 is 0 Å². The summed E-state index contributed by atoms with van der Waals surface area (Å²) in [6.45, 7) is 3.30. The molecule has 3 aliphatic rings. The second kappa shape index (κ2) is 3.44. The number of hydrogen-bond donors (Lipinski definition) is 1. The smallest absolute Gasteiger partial charge is 0.156 e. The minimum Gasteiger partial charge on any atom is -0.362 e. The van der Waals surface area contributed by atoms with E-state index >= 15 is 0 Å². The van der Waals surface area contributed by atoms with E-state index in [-0.39, 0.29) is 0 Å². The Hall–Kier alpha value is -0.180. The molecule has 2 nitrogen and oxygen atoms in total. The van der Waals surface area contributed by atoms with Gasteiger partial charge in [-0.05, 0) is 37.0 Å². The summed E-state index contributed by atoms with van der Waals surface area (Å²) < 4.78 is 0. The van der Waals surface area contributed by atoms with Gasteiger partial charge < -0.3 is 5.32 Å². The SMILES string of the molecule is CC1CN=C(NC2CC3CC3C2)SC1. The van der Waals surface area contributed by atoms with Crippen LogP contribution in [0, 0.1) is 17.8 Å². The molecular weight excluding hydrogens is 192 g/mol. The fourth-order valence-electron chi connectivity index (χ4n) is 2.65. The maximum Gasteiger partial charge on any atom is 0.156 e. The van der Waals surface area contributed by atoms with Crippen LogP contribution in [0.2, 0.25) is 0 Å². The van der Waals surface area contributed by atoms with E-state index in [4.69, 9.17) is 0 Å². The van der Waals surface area contributed by atoms with Crippen molar-refractivity contribution in [3.63, 3.8) is 0 Å². The van der Waals surface area contributed by atoms with Crippen LogP contribution < -0.4 is 5.32 Å². The van der Waals surface area contributed by atoms with Crippen LogP contribution in [0.4, 0.5) is 0 Å². The quantitative estimate of drug-likeness (QED) is 0.717. The second-order valence-corrected chi connectivity index (χ2v) is 6.14. The van der Waals surface area contributed by atoms with Crippen molar-refractivity contribution >= 4 is 16.9 Å². The van der Waals surface area contributed by atoms with Gasteiger partial charge in [-0.25, -0.2) is 0 Å². The molecule has 0 aromatic rings. The van der Waals surface area contributed by atoms with Gasteiger partial charge in [-0.2, -0.15) is 0 Å². The van der Waals surface area contributed by atoms with Gasteiger partial charge in [0.2, 0.25) is 0 Å². The summed E-state index contributed by atoms with van der Waals surface area (Å²) in [7, 11) is 0. The number of nitrogens with one attached hydrogen (secondary N) is 1. The lowest BCUT2D eigenvalue weighted by atomic mass is 10.2. The Kier molecular flexibility index (Phi) is 2.23. The zero-order valence-electron chi connectivity index (χ0n) is 8.70. The Bertz CT molecular complexity index is 254. The molecule has 0 aromatic heterocycles. The Morgan fingerprint density at radius 3 is 2.71 bits per heavy atom. The van der Waals surface area contributed by atoms with Crippen molar-refractivity contribution in [3.8, 4) is 0 Å². The van der Waals surface area contributed by atoms with Crippen LogP contribution in [0.15, 0.2) is 4.99 Å². The zero-order chi connectivity index (χ0) is 9.54. The van der Waals surface area contributed by atoms with Gasteiger partial charge in [-0.1, -0.05) is 18.7 Å². The van der Waals surface area contributed by atoms with Crippen LogP contribution in [0.3, 0.4) is 0 Å². The number of fused-ring (bicyclic) bond motifs is 1. The fourth-order valence-corrected chi connectivity index (χ4v) is 3.62. The number of nitrogens with zero attached hydrogens (tertiary/aromatic N) is 1. The number of aliphatic imine (C=N–C) groups is 1. The van der Waals surface area contributed by atoms with Crippen molar-refractivity contribution in [2.24, 2.45) is 22.7 Å². The van der Waals surface area contributed by atoms with Crippen LogP contribution in [-0.4, -0.2) is 23.5 Å². The largest absolute Gasteiger partial charge is 0.362 e. The zero-order valence-corrected chi connectivity index (χ0v) is 9.52. The third kappa shape index (κ3) is 1.79. The predicted molar refractivity (Wildman–Crippen MR) is 61.7 cm³/mol. The Morgan fingerprint density at radius 1 is 1.29 bits per heavy atom. The highest BCUT2D eigenvalue weighted by molar-refractivity contribution is 8.13. The molecule has 3 rings (SSSR count). The van der Waals surface area contributed by atoms with Gasteiger partial charge in [0, 0.05) is 18.3 Å². The van der Waals surface area contributed by atoms with Gasteiger partial charge in [-0.3, -0.25) is 4.99 Å². The van der Waals surface area contributed by atoms with E-state index in [9.17, 15) is 0 Å². The molecule has 0 saturated heterocycles. The molecule has 3 heteroatoms. The first-order valence-electron chi connectivity index (χ1n) is 5.75. The average Bonchev–Trinajstić information content (AvgIpc) is 2.79. The molecule has 3 atom stereocenters. The van der Waals surface area contributed by atoms with Gasteiger partial charge in [-0.15, -0.1) is 0 Å². The highest BCUT2D eigenvalue weighted by Crippen LogP contribution is 2.51. The molecule has 1 N–H and O–H groups in total. The topological polar surface area (TPSA) is 24.4 Å². The van der Waals surface area contributed by atoms with E-state index in [2.05, 4.69) is 17.2 Å². The monoisotopic (exact) mass is 210 g/mol. The normalized spacial score (nSPS) is 45.6. The Morgan fingerprint density at radius 2 is 2.07 bits per heavy atom. The molecular formula is C11H18N2S. The van der Waals surface area contributed by atoms with E-state index < -0.39 is 0 Å². The Labute approximate surface area is 89.9 Å². The molecule has 78 valence electrons. The van der Waals surface area contributed by atoms with Gasteiger partial charge in [0.15, 0.2) is 5.17 Å². The molecule has 0 aromatic carbocycles. The first-order valence-corrected chi connectivity index (χ1v) is 6.73.